The van der Waals surface area contributed by atoms with Crippen LogP contribution in [0.2, 0.25) is 0 Å². The molecule has 24 heavy (non-hydrogen) atoms. The third kappa shape index (κ3) is 2.76. The van der Waals surface area contributed by atoms with Gasteiger partial charge in [0, 0.05) is 12.7 Å². The summed E-state index contributed by atoms with van der Waals surface area (Å²) in [7, 11) is 0. The number of amides is 1. The molecule has 0 aliphatic carbocycles. The van der Waals surface area contributed by atoms with E-state index in [-0.39, 0.29) is 12.7 Å². The summed E-state index contributed by atoms with van der Waals surface area (Å²) in [6, 6.07) is 9.02. The van der Waals surface area contributed by atoms with Crippen molar-refractivity contribution in [2.45, 2.75) is 6.54 Å². The maximum atomic E-state index is 12.2. The molecular weight excluding hydrogens is 310 g/mol. The molecule has 3 aromatic rings. The van der Waals surface area contributed by atoms with E-state index in [1.165, 1.54) is 6.20 Å². The Morgan fingerprint density at radius 3 is 2.75 bits per heavy atom. The molecule has 1 N–H and O–H groups in total. The molecule has 1 aliphatic rings. The maximum Gasteiger partial charge on any atom is 0.253 e. The molecule has 1 aromatic carbocycles. The monoisotopic (exact) mass is 323 g/mol. The Morgan fingerprint density at radius 1 is 1.12 bits per heavy atom. The number of fused-ring (bicyclic) bond motifs is 1. The highest BCUT2D eigenvalue weighted by atomic mass is 16.7. The van der Waals surface area contributed by atoms with Gasteiger partial charge in [0.25, 0.3) is 5.91 Å². The minimum absolute atomic E-state index is 0.199. The maximum absolute atomic E-state index is 12.2. The molecule has 8 nitrogen and oxygen atoms in total. The average molecular weight is 323 g/mol. The first-order chi connectivity index (χ1) is 11.8. The molecule has 0 spiro atoms. The van der Waals surface area contributed by atoms with Crippen molar-refractivity contribution in [3.63, 3.8) is 0 Å². The van der Waals surface area contributed by atoms with Crippen LogP contribution in [0.3, 0.4) is 0 Å². The molecule has 0 saturated heterocycles. The molecule has 3 heterocycles. The molecule has 4 rings (SSSR count). The largest absolute Gasteiger partial charge is 0.454 e. The standard InChI is InChI=1S/C16H13N5O3/c22-16(12-2-4-15(17-7-12)21-8-19-20-9-21)18-6-11-1-3-13-14(5-11)24-10-23-13/h1-5,7-9H,6,10H2,(H,18,22). The minimum Gasteiger partial charge on any atom is -0.454 e. The summed E-state index contributed by atoms with van der Waals surface area (Å²) in [5.74, 6) is 1.86. The molecule has 0 atom stereocenters. The number of carbonyl (C=O) groups excluding carboxylic acids is 1. The van der Waals surface area contributed by atoms with Gasteiger partial charge in [-0.3, -0.25) is 9.36 Å². The lowest BCUT2D eigenvalue weighted by Crippen LogP contribution is -2.23. The Balaban J connectivity index is 1.41. The quantitative estimate of drug-likeness (QED) is 0.778. The van der Waals surface area contributed by atoms with Crippen molar-refractivity contribution < 1.29 is 14.3 Å². The van der Waals surface area contributed by atoms with Crippen molar-refractivity contribution in [3.8, 4) is 17.3 Å². The SMILES string of the molecule is O=C(NCc1ccc2c(c1)OCO2)c1ccc(-n2cnnc2)nc1. The molecule has 1 amide bonds. The zero-order valence-electron chi connectivity index (χ0n) is 12.5. The van der Waals surface area contributed by atoms with E-state index < -0.39 is 0 Å². The van der Waals surface area contributed by atoms with Gasteiger partial charge < -0.3 is 14.8 Å². The lowest BCUT2D eigenvalue weighted by molar-refractivity contribution is 0.0950. The summed E-state index contributed by atoms with van der Waals surface area (Å²) in [6.07, 6.45) is 4.60. The van der Waals surface area contributed by atoms with Gasteiger partial charge in [0.1, 0.15) is 18.5 Å². The molecule has 0 fully saturated rings. The molecule has 0 bridgehead atoms. The van der Waals surface area contributed by atoms with Gasteiger partial charge in [-0.15, -0.1) is 10.2 Å². The van der Waals surface area contributed by atoms with Crippen molar-refractivity contribution in [2.24, 2.45) is 0 Å². The predicted octanol–water partition coefficient (Wildman–Crippen LogP) is 1.32. The van der Waals surface area contributed by atoms with Crippen LogP contribution in [0.1, 0.15) is 15.9 Å². The first kappa shape index (κ1) is 14.2. The first-order valence-electron chi connectivity index (χ1n) is 7.27. The topological polar surface area (TPSA) is 91.2 Å². The number of carbonyl (C=O) groups is 1. The number of pyridine rings is 1. The van der Waals surface area contributed by atoms with Gasteiger partial charge in [0.15, 0.2) is 11.5 Å². The van der Waals surface area contributed by atoms with Crippen LogP contribution in [0, 0.1) is 0 Å². The summed E-state index contributed by atoms with van der Waals surface area (Å²) >= 11 is 0. The Bertz CT molecular complexity index is 862. The Labute approximate surface area is 137 Å². The average Bonchev–Trinajstić information content (AvgIpc) is 3.31. The van der Waals surface area contributed by atoms with E-state index in [9.17, 15) is 4.79 Å². The van der Waals surface area contributed by atoms with Crippen molar-refractivity contribution in [2.75, 3.05) is 6.79 Å². The molecule has 120 valence electrons. The van der Waals surface area contributed by atoms with Crippen LogP contribution >= 0.6 is 0 Å². The highest BCUT2D eigenvalue weighted by Gasteiger charge is 2.13. The Morgan fingerprint density at radius 2 is 1.96 bits per heavy atom. The molecule has 2 aromatic heterocycles. The molecule has 0 saturated carbocycles. The second-order valence-electron chi connectivity index (χ2n) is 5.14. The zero-order valence-corrected chi connectivity index (χ0v) is 12.5. The number of hydrogen-bond donors (Lipinski definition) is 1. The minimum atomic E-state index is -0.199. The second-order valence-corrected chi connectivity index (χ2v) is 5.14. The fraction of sp³-hybridized carbons (Fsp3) is 0.125. The van der Waals surface area contributed by atoms with Gasteiger partial charge in [-0.1, -0.05) is 6.07 Å². The summed E-state index contributed by atoms with van der Waals surface area (Å²) in [6.45, 7) is 0.623. The van der Waals surface area contributed by atoms with Crippen LogP contribution < -0.4 is 14.8 Å². The summed E-state index contributed by atoms with van der Waals surface area (Å²) in [4.78, 5) is 16.4. The van der Waals surface area contributed by atoms with E-state index in [0.717, 1.165) is 11.3 Å². The third-order valence-corrected chi connectivity index (χ3v) is 3.58. The number of hydrogen-bond acceptors (Lipinski definition) is 6. The van der Waals surface area contributed by atoms with E-state index in [0.29, 0.717) is 23.7 Å². The van der Waals surface area contributed by atoms with E-state index in [1.54, 1.807) is 29.4 Å². The number of nitrogens with one attached hydrogen (secondary N) is 1. The van der Waals surface area contributed by atoms with Gasteiger partial charge in [-0.2, -0.15) is 0 Å². The van der Waals surface area contributed by atoms with Crippen LogP contribution in [0.4, 0.5) is 0 Å². The normalized spacial score (nSPS) is 12.2. The summed E-state index contributed by atoms with van der Waals surface area (Å²) < 4.78 is 12.2. The highest BCUT2D eigenvalue weighted by molar-refractivity contribution is 5.93. The smallest absolute Gasteiger partial charge is 0.253 e. The van der Waals surface area contributed by atoms with Crippen LogP contribution in [0.15, 0.2) is 49.2 Å². The number of ether oxygens (including phenoxy) is 2. The lowest BCUT2D eigenvalue weighted by atomic mass is 10.2. The predicted molar refractivity (Wildman–Crippen MR) is 82.9 cm³/mol. The second kappa shape index (κ2) is 5.99. The number of rotatable bonds is 4. The van der Waals surface area contributed by atoms with Crippen molar-refractivity contribution in [1.29, 1.82) is 0 Å². The molecule has 0 unspecified atom stereocenters. The van der Waals surface area contributed by atoms with Gasteiger partial charge in [0.2, 0.25) is 6.79 Å². The van der Waals surface area contributed by atoms with Crippen molar-refractivity contribution in [3.05, 3.63) is 60.3 Å². The lowest BCUT2D eigenvalue weighted by Gasteiger charge is -2.07. The van der Waals surface area contributed by atoms with E-state index in [4.69, 9.17) is 9.47 Å². The molecular formula is C16H13N5O3. The number of benzene rings is 1. The Hall–Kier alpha value is -3.42. The van der Waals surface area contributed by atoms with Gasteiger partial charge in [-0.05, 0) is 29.8 Å². The molecule has 0 radical (unpaired) electrons. The van der Waals surface area contributed by atoms with E-state index in [2.05, 4.69) is 20.5 Å². The number of aromatic nitrogens is 4. The summed E-state index contributed by atoms with van der Waals surface area (Å²) in [5, 5.41) is 10.3. The van der Waals surface area contributed by atoms with Crippen LogP contribution in [-0.2, 0) is 6.54 Å². The third-order valence-electron chi connectivity index (χ3n) is 3.58. The van der Waals surface area contributed by atoms with Crippen LogP contribution in [-0.4, -0.2) is 32.4 Å². The van der Waals surface area contributed by atoms with E-state index >= 15 is 0 Å². The van der Waals surface area contributed by atoms with Gasteiger partial charge >= 0.3 is 0 Å². The van der Waals surface area contributed by atoms with Crippen LogP contribution in [0.5, 0.6) is 11.5 Å². The molecule has 1 aliphatic heterocycles. The van der Waals surface area contributed by atoms with Gasteiger partial charge in [0.05, 0.1) is 5.56 Å². The highest BCUT2D eigenvalue weighted by Crippen LogP contribution is 2.32. The number of nitrogens with zero attached hydrogens (tertiary/aromatic N) is 4. The summed E-state index contributed by atoms with van der Waals surface area (Å²) in [5.41, 5.74) is 1.41. The van der Waals surface area contributed by atoms with Gasteiger partial charge in [-0.25, -0.2) is 4.98 Å². The van der Waals surface area contributed by atoms with Crippen molar-refractivity contribution in [1.82, 2.24) is 25.1 Å². The fourth-order valence-electron chi connectivity index (χ4n) is 2.33. The van der Waals surface area contributed by atoms with E-state index in [1.807, 2.05) is 18.2 Å². The fourth-order valence-corrected chi connectivity index (χ4v) is 2.33. The Kier molecular flexibility index (Phi) is 3.54. The molecule has 8 heteroatoms. The zero-order chi connectivity index (χ0) is 16.4. The van der Waals surface area contributed by atoms with Crippen molar-refractivity contribution >= 4 is 5.91 Å². The first-order valence-corrected chi connectivity index (χ1v) is 7.27. The van der Waals surface area contributed by atoms with Crippen LogP contribution in [0.25, 0.3) is 5.82 Å².